The summed E-state index contributed by atoms with van der Waals surface area (Å²) in [5, 5.41) is 2.77. The van der Waals surface area contributed by atoms with Gasteiger partial charge in [0.05, 0.1) is 4.88 Å². The van der Waals surface area contributed by atoms with Gasteiger partial charge in [0.2, 0.25) is 0 Å². The summed E-state index contributed by atoms with van der Waals surface area (Å²) in [5.41, 5.74) is 3.32. The lowest BCUT2D eigenvalue weighted by Gasteiger charge is -2.34. The number of allylic oxidation sites excluding steroid dienone is 1. The fraction of sp³-hybridized carbons (Fsp3) is 0.269. The third-order valence-electron chi connectivity index (χ3n) is 5.50. The molecule has 2 aromatic carbocycles. The van der Waals surface area contributed by atoms with Crippen molar-refractivity contribution in [1.29, 1.82) is 0 Å². The summed E-state index contributed by atoms with van der Waals surface area (Å²) in [5.74, 6) is 0.961. The van der Waals surface area contributed by atoms with Gasteiger partial charge >= 0.3 is 0 Å². The minimum atomic E-state index is 0.113. The first-order chi connectivity index (χ1) is 15.6. The van der Waals surface area contributed by atoms with Crippen molar-refractivity contribution in [2.75, 3.05) is 26.2 Å². The van der Waals surface area contributed by atoms with Crippen LogP contribution in [-0.4, -0.2) is 41.9 Å². The van der Waals surface area contributed by atoms with Gasteiger partial charge in [-0.2, -0.15) is 0 Å². The van der Waals surface area contributed by atoms with Crippen molar-refractivity contribution >= 4 is 34.9 Å². The van der Waals surface area contributed by atoms with Gasteiger partial charge in [0.15, 0.2) is 0 Å². The van der Waals surface area contributed by atoms with Crippen LogP contribution in [0.15, 0.2) is 66.1 Å². The second-order valence-corrected chi connectivity index (χ2v) is 9.19. The van der Waals surface area contributed by atoms with Crippen LogP contribution in [0.5, 0.6) is 5.75 Å². The molecule has 1 aliphatic rings. The Labute approximate surface area is 198 Å². The van der Waals surface area contributed by atoms with Crippen LogP contribution < -0.4 is 4.74 Å². The fourth-order valence-electron chi connectivity index (χ4n) is 3.77. The summed E-state index contributed by atoms with van der Waals surface area (Å²) < 4.78 is 6.01. The highest BCUT2D eigenvalue weighted by molar-refractivity contribution is 7.12. The zero-order chi connectivity index (χ0) is 22.3. The highest BCUT2D eigenvalue weighted by Gasteiger charge is 2.23. The van der Waals surface area contributed by atoms with E-state index in [2.05, 4.69) is 17.0 Å². The van der Waals surface area contributed by atoms with Crippen LogP contribution >= 0.6 is 22.9 Å². The first-order valence-corrected chi connectivity index (χ1v) is 12.1. The van der Waals surface area contributed by atoms with Crippen LogP contribution in [-0.2, 0) is 13.2 Å². The monoisotopic (exact) mass is 466 g/mol. The van der Waals surface area contributed by atoms with E-state index < -0.39 is 0 Å². The first kappa shape index (κ1) is 22.6. The Morgan fingerprint density at radius 1 is 1.06 bits per heavy atom. The Bertz CT molecular complexity index is 1070. The second kappa shape index (κ2) is 10.8. The van der Waals surface area contributed by atoms with E-state index in [1.165, 1.54) is 16.9 Å². The van der Waals surface area contributed by atoms with Crippen LogP contribution in [0.3, 0.4) is 0 Å². The SMILES string of the molecule is C/C=C/c1ccccc1OCc1csc(C(=O)N2CCN(Cc3ccc(Cl)cc3)CC2)c1. The van der Waals surface area contributed by atoms with Crippen molar-refractivity contribution < 1.29 is 9.53 Å². The molecule has 6 heteroatoms. The van der Waals surface area contributed by atoms with Crippen molar-refractivity contribution in [3.05, 3.63) is 92.6 Å². The van der Waals surface area contributed by atoms with Gasteiger partial charge in [0.25, 0.3) is 5.91 Å². The smallest absolute Gasteiger partial charge is 0.264 e. The molecule has 4 rings (SSSR count). The van der Waals surface area contributed by atoms with Gasteiger partial charge in [0.1, 0.15) is 12.4 Å². The standard InChI is InChI=1S/C26H27ClN2O2S/c1-2-5-22-6-3-4-7-24(22)31-18-21-16-25(32-19-21)26(30)29-14-12-28(13-15-29)17-20-8-10-23(27)11-9-20/h2-11,16,19H,12-15,17-18H2,1H3/b5-2+. The van der Waals surface area contributed by atoms with E-state index in [-0.39, 0.29) is 5.91 Å². The maximum Gasteiger partial charge on any atom is 0.264 e. The lowest BCUT2D eigenvalue weighted by atomic mass is 10.2. The van der Waals surface area contributed by atoms with E-state index in [4.69, 9.17) is 16.3 Å². The molecule has 166 valence electrons. The number of hydrogen-bond acceptors (Lipinski definition) is 4. The Morgan fingerprint density at radius 2 is 1.81 bits per heavy atom. The van der Waals surface area contributed by atoms with Crippen LogP contribution in [0, 0.1) is 0 Å². The van der Waals surface area contributed by atoms with Crippen LogP contribution in [0.4, 0.5) is 0 Å². The third kappa shape index (κ3) is 5.80. The topological polar surface area (TPSA) is 32.8 Å². The van der Waals surface area contributed by atoms with E-state index in [0.717, 1.165) is 59.5 Å². The molecule has 0 saturated carbocycles. The molecule has 3 aromatic rings. The molecule has 1 fully saturated rings. The zero-order valence-corrected chi connectivity index (χ0v) is 19.7. The first-order valence-electron chi connectivity index (χ1n) is 10.8. The van der Waals surface area contributed by atoms with Crippen molar-refractivity contribution in [2.24, 2.45) is 0 Å². The molecule has 1 amide bonds. The van der Waals surface area contributed by atoms with Crippen molar-refractivity contribution in [3.63, 3.8) is 0 Å². The number of nitrogens with zero attached hydrogens (tertiary/aromatic N) is 2. The van der Waals surface area contributed by atoms with Gasteiger partial charge < -0.3 is 9.64 Å². The van der Waals surface area contributed by atoms with Gasteiger partial charge in [-0.05, 0) is 42.1 Å². The second-order valence-electron chi connectivity index (χ2n) is 7.84. The predicted molar refractivity (Wildman–Crippen MR) is 132 cm³/mol. The van der Waals surface area contributed by atoms with E-state index >= 15 is 0 Å². The number of benzene rings is 2. The highest BCUT2D eigenvalue weighted by atomic mass is 35.5. The Hall–Kier alpha value is -2.60. The van der Waals surface area contributed by atoms with Gasteiger partial charge in [-0.25, -0.2) is 0 Å². The molecule has 2 heterocycles. The van der Waals surface area contributed by atoms with Crippen molar-refractivity contribution in [2.45, 2.75) is 20.1 Å². The zero-order valence-electron chi connectivity index (χ0n) is 18.2. The Morgan fingerprint density at radius 3 is 2.56 bits per heavy atom. The molecule has 4 nitrogen and oxygen atoms in total. The Kier molecular flexibility index (Phi) is 7.63. The summed E-state index contributed by atoms with van der Waals surface area (Å²) in [6.07, 6.45) is 4.03. The minimum Gasteiger partial charge on any atom is -0.488 e. The average molecular weight is 467 g/mol. The van der Waals surface area contributed by atoms with Crippen molar-refractivity contribution in [3.8, 4) is 5.75 Å². The maximum atomic E-state index is 13.0. The molecule has 0 aliphatic carbocycles. The third-order valence-corrected chi connectivity index (χ3v) is 6.72. The summed E-state index contributed by atoms with van der Waals surface area (Å²) in [6, 6.07) is 17.9. The molecule has 32 heavy (non-hydrogen) atoms. The van der Waals surface area contributed by atoms with Gasteiger partial charge in [-0.15, -0.1) is 11.3 Å². The number of amides is 1. The van der Waals surface area contributed by atoms with E-state index in [9.17, 15) is 4.79 Å². The normalized spacial score (nSPS) is 14.8. The summed E-state index contributed by atoms with van der Waals surface area (Å²) >= 11 is 7.47. The van der Waals surface area contributed by atoms with Gasteiger partial charge in [-0.3, -0.25) is 9.69 Å². The lowest BCUT2D eigenvalue weighted by molar-refractivity contribution is 0.0633. The largest absolute Gasteiger partial charge is 0.488 e. The number of piperazine rings is 1. The molecule has 0 radical (unpaired) electrons. The van der Waals surface area contributed by atoms with Crippen LogP contribution in [0.25, 0.3) is 6.08 Å². The summed E-state index contributed by atoms with van der Waals surface area (Å²) in [4.78, 5) is 18.1. The molecule has 0 bridgehead atoms. The number of rotatable bonds is 7. The Balaban J connectivity index is 1.29. The molecule has 1 saturated heterocycles. The summed E-state index contributed by atoms with van der Waals surface area (Å²) in [6.45, 7) is 6.56. The predicted octanol–water partition coefficient (Wildman–Crippen LogP) is 5.97. The lowest BCUT2D eigenvalue weighted by Crippen LogP contribution is -2.48. The fourth-order valence-corrected chi connectivity index (χ4v) is 4.76. The van der Waals surface area contributed by atoms with E-state index in [0.29, 0.717) is 6.61 Å². The van der Waals surface area contributed by atoms with Gasteiger partial charge in [0, 0.05) is 48.9 Å². The maximum absolute atomic E-state index is 13.0. The number of carbonyl (C=O) groups is 1. The molecular weight excluding hydrogens is 440 g/mol. The molecule has 1 aliphatic heterocycles. The van der Waals surface area contributed by atoms with Crippen molar-refractivity contribution in [1.82, 2.24) is 9.80 Å². The minimum absolute atomic E-state index is 0.113. The molecule has 0 unspecified atom stereocenters. The summed E-state index contributed by atoms with van der Waals surface area (Å²) in [7, 11) is 0. The average Bonchev–Trinajstić information content (AvgIpc) is 3.29. The van der Waals surface area contributed by atoms with Crippen LogP contribution in [0.1, 0.15) is 33.3 Å². The molecular formula is C26H27ClN2O2S. The molecule has 0 atom stereocenters. The number of para-hydroxylation sites is 1. The number of halogens is 1. The van der Waals surface area contributed by atoms with E-state index in [1.54, 1.807) is 0 Å². The van der Waals surface area contributed by atoms with Crippen LogP contribution in [0.2, 0.25) is 5.02 Å². The van der Waals surface area contributed by atoms with E-state index in [1.807, 2.05) is 71.8 Å². The quantitative estimate of drug-likeness (QED) is 0.430. The number of carbonyl (C=O) groups excluding carboxylic acids is 1. The number of hydrogen-bond donors (Lipinski definition) is 0. The van der Waals surface area contributed by atoms with Gasteiger partial charge in [-0.1, -0.05) is 54.1 Å². The molecule has 0 spiro atoms. The number of thiophene rings is 1. The molecule has 1 aromatic heterocycles. The molecule has 0 N–H and O–H groups in total. The number of ether oxygens (including phenoxy) is 1. The highest BCUT2D eigenvalue weighted by Crippen LogP contribution is 2.23.